The second-order valence-electron chi connectivity index (χ2n) is 7.54. The van der Waals surface area contributed by atoms with Crippen LogP contribution in [0.4, 0.5) is 0 Å². The van der Waals surface area contributed by atoms with E-state index in [2.05, 4.69) is 15.1 Å². The molecule has 0 aromatic carbocycles. The highest BCUT2D eigenvalue weighted by Gasteiger charge is 2.22. The Labute approximate surface area is 152 Å². The van der Waals surface area contributed by atoms with E-state index in [0.717, 1.165) is 68.6 Å². The first-order valence-corrected chi connectivity index (χ1v) is 9.43. The number of rotatable bonds is 4. The molecule has 1 fully saturated rings. The van der Waals surface area contributed by atoms with Crippen molar-refractivity contribution in [2.24, 2.45) is 13.0 Å². The zero-order chi connectivity index (χ0) is 18.1. The summed E-state index contributed by atoms with van der Waals surface area (Å²) in [6, 6.07) is 3.44. The molecular weight excluding hydrogens is 330 g/mol. The van der Waals surface area contributed by atoms with E-state index in [9.17, 15) is 9.59 Å². The van der Waals surface area contributed by atoms with Gasteiger partial charge in [0.25, 0.3) is 11.1 Å². The lowest BCUT2D eigenvalue weighted by Gasteiger charge is -2.31. The maximum atomic E-state index is 12.3. The molecule has 1 aliphatic carbocycles. The summed E-state index contributed by atoms with van der Waals surface area (Å²) in [4.78, 5) is 26.3. The highest BCUT2D eigenvalue weighted by Crippen LogP contribution is 2.21. The number of fused-ring (bicyclic) bond motifs is 1. The molecule has 26 heavy (non-hydrogen) atoms. The van der Waals surface area contributed by atoms with Gasteiger partial charge in [-0.05, 0) is 62.2 Å². The molecule has 0 atom stereocenters. The first-order chi connectivity index (χ1) is 12.6. The van der Waals surface area contributed by atoms with Gasteiger partial charge in [0.15, 0.2) is 0 Å². The molecule has 2 aliphatic rings. The fourth-order valence-corrected chi connectivity index (χ4v) is 3.99. The molecule has 7 heteroatoms. The highest BCUT2D eigenvalue weighted by atomic mass is 16.1. The third-order valence-electron chi connectivity index (χ3n) is 5.59. The second kappa shape index (κ2) is 7.15. The van der Waals surface area contributed by atoms with Crippen LogP contribution in [0.2, 0.25) is 0 Å². The molecule has 0 N–H and O–H groups in total. The Morgan fingerprint density at radius 2 is 1.92 bits per heavy atom. The normalized spacial score (nSPS) is 18.2. The summed E-state index contributed by atoms with van der Waals surface area (Å²) >= 11 is 0. The summed E-state index contributed by atoms with van der Waals surface area (Å²) in [7, 11) is 1.66. The number of piperidine rings is 1. The Morgan fingerprint density at radius 1 is 1.12 bits per heavy atom. The van der Waals surface area contributed by atoms with Gasteiger partial charge in [-0.2, -0.15) is 10.2 Å². The van der Waals surface area contributed by atoms with Gasteiger partial charge in [0.05, 0.1) is 11.9 Å². The van der Waals surface area contributed by atoms with E-state index in [1.165, 1.54) is 4.68 Å². The molecule has 1 saturated heterocycles. The Morgan fingerprint density at radius 3 is 2.69 bits per heavy atom. The van der Waals surface area contributed by atoms with Gasteiger partial charge in [0.2, 0.25) is 0 Å². The minimum Gasteiger partial charge on any atom is -0.299 e. The van der Waals surface area contributed by atoms with Crippen molar-refractivity contribution in [2.75, 3.05) is 13.1 Å². The van der Waals surface area contributed by atoms with E-state index in [1.807, 2.05) is 0 Å². The van der Waals surface area contributed by atoms with E-state index in [0.29, 0.717) is 12.5 Å². The lowest BCUT2D eigenvalue weighted by atomic mass is 9.96. The minimum absolute atomic E-state index is 0.0410. The third kappa shape index (κ3) is 3.62. The van der Waals surface area contributed by atoms with Crippen LogP contribution in [0, 0.1) is 5.92 Å². The summed E-state index contributed by atoms with van der Waals surface area (Å²) in [5.41, 5.74) is 3.19. The van der Waals surface area contributed by atoms with Crippen molar-refractivity contribution in [1.29, 1.82) is 0 Å². The molecule has 0 saturated carbocycles. The van der Waals surface area contributed by atoms with Crippen molar-refractivity contribution in [3.05, 3.63) is 55.9 Å². The zero-order valence-corrected chi connectivity index (χ0v) is 15.2. The highest BCUT2D eigenvalue weighted by molar-refractivity contribution is 5.22. The number of likely N-dealkylation sites (tertiary alicyclic amines) is 1. The van der Waals surface area contributed by atoms with E-state index in [1.54, 1.807) is 30.1 Å². The topological polar surface area (TPSA) is 73.0 Å². The molecule has 4 rings (SSSR count). The van der Waals surface area contributed by atoms with E-state index in [4.69, 9.17) is 0 Å². The van der Waals surface area contributed by atoms with Crippen LogP contribution in [0.5, 0.6) is 0 Å². The van der Waals surface area contributed by atoms with Crippen LogP contribution in [0.1, 0.15) is 36.1 Å². The molecule has 2 aromatic rings. The fourth-order valence-electron chi connectivity index (χ4n) is 3.99. The monoisotopic (exact) mass is 355 g/mol. The SMILES string of the molecule is Cn1ncc(CN2CCC(Cn3nc4c(cc3=O)CCC4)CC2)cc1=O. The van der Waals surface area contributed by atoms with Crippen LogP contribution in [0.3, 0.4) is 0 Å². The standard InChI is InChI=1S/C19H25N5O2/c1-22-18(25)9-15(11-20-22)12-23-7-5-14(6-8-23)13-24-19(26)10-16-3-2-4-17(16)21-24/h9-11,14H,2-8,12-13H2,1H3. The molecule has 3 heterocycles. The van der Waals surface area contributed by atoms with Gasteiger partial charge in [-0.1, -0.05) is 0 Å². The molecule has 1 aliphatic heterocycles. The van der Waals surface area contributed by atoms with Gasteiger partial charge < -0.3 is 0 Å². The first kappa shape index (κ1) is 17.1. The van der Waals surface area contributed by atoms with Crippen molar-refractivity contribution in [3.8, 4) is 0 Å². The maximum Gasteiger partial charge on any atom is 0.267 e. The largest absolute Gasteiger partial charge is 0.299 e. The molecule has 0 amide bonds. The number of aryl methyl sites for hydroxylation is 3. The summed E-state index contributed by atoms with van der Waals surface area (Å²) in [5, 5.41) is 8.68. The average molecular weight is 355 g/mol. The number of aromatic nitrogens is 4. The van der Waals surface area contributed by atoms with Crippen molar-refractivity contribution >= 4 is 0 Å². The number of hydrogen-bond donors (Lipinski definition) is 0. The molecular formula is C19H25N5O2. The van der Waals surface area contributed by atoms with Crippen molar-refractivity contribution < 1.29 is 0 Å². The van der Waals surface area contributed by atoms with Gasteiger partial charge >= 0.3 is 0 Å². The van der Waals surface area contributed by atoms with Gasteiger partial charge in [-0.15, -0.1) is 0 Å². The zero-order valence-electron chi connectivity index (χ0n) is 15.2. The predicted octanol–water partition coefficient (Wildman–Crippen LogP) is 0.738. The Bertz CT molecular complexity index is 909. The Hall–Kier alpha value is -2.28. The quantitative estimate of drug-likeness (QED) is 0.809. The van der Waals surface area contributed by atoms with Crippen LogP contribution in [0.25, 0.3) is 0 Å². The number of hydrogen-bond acceptors (Lipinski definition) is 5. The molecule has 0 spiro atoms. The van der Waals surface area contributed by atoms with Crippen LogP contribution in [-0.2, 0) is 33.0 Å². The second-order valence-corrected chi connectivity index (χ2v) is 7.54. The number of nitrogens with zero attached hydrogens (tertiary/aromatic N) is 5. The first-order valence-electron chi connectivity index (χ1n) is 9.43. The van der Waals surface area contributed by atoms with Crippen molar-refractivity contribution in [1.82, 2.24) is 24.5 Å². The molecule has 0 bridgehead atoms. The van der Waals surface area contributed by atoms with E-state index < -0.39 is 0 Å². The van der Waals surface area contributed by atoms with Gasteiger partial charge in [-0.25, -0.2) is 9.36 Å². The van der Waals surface area contributed by atoms with Crippen LogP contribution in [-0.4, -0.2) is 37.6 Å². The lowest BCUT2D eigenvalue weighted by Crippen LogP contribution is -2.37. The van der Waals surface area contributed by atoms with Crippen LogP contribution >= 0.6 is 0 Å². The van der Waals surface area contributed by atoms with E-state index >= 15 is 0 Å². The third-order valence-corrected chi connectivity index (χ3v) is 5.59. The molecule has 0 radical (unpaired) electrons. The van der Waals surface area contributed by atoms with Crippen LogP contribution in [0.15, 0.2) is 27.9 Å². The van der Waals surface area contributed by atoms with Crippen molar-refractivity contribution in [2.45, 2.75) is 45.2 Å². The maximum absolute atomic E-state index is 12.3. The minimum atomic E-state index is -0.0700. The fraction of sp³-hybridized carbons (Fsp3) is 0.579. The summed E-state index contributed by atoms with van der Waals surface area (Å²) < 4.78 is 3.02. The van der Waals surface area contributed by atoms with E-state index in [-0.39, 0.29) is 11.1 Å². The molecule has 2 aromatic heterocycles. The smallest absolute Gasteiger partial charge is 0.267 e. The lowest BCUT2D eigenvalue weighted by molar-refractivity contribution is 0.163. The Kier molecular flexibility index (Phi) is 4.72. The van der Waals surface area contributed by atoms with Gasteiger partial charge in [0, 0.05) is 32.3 Å². The molecule has 138 valence electrons. The van der Waals surface area contributed by atoms with Gasteiger partial charge in [0.1, 0.15) is 0 Å². The predicted molar refractivity (Wildman–Crippen MR) is 98.0 cm³/mol. The van der Waals surface area contributed by atoms with Crippen molar-refractivity contribution in [3.63, 3.8) is 0 Å². The Balaban J connectivity index is 1.34. The summed E-state index contributed by atoms with van der Waals surface area (Å²) in [6.07, 6.45) is 6.96. The van der Waals surface area contributed by atoms with Gasteiger partial charge in [-0.3, -0.25) is 14.5 Å². The molecule has 7 nitrogen and oxygen atoms in total. The summed E-state index contributed by atoms with van der Waals surface area (Å²) in [6.45, 7) is 3.42. The van der Waals surface area contributed by atoms with Crippen LogP contribution < -0.4 is 11.1 Å². The average Bonchev–Trinajstić information content (AvgIpc) is 3.07. The summed E-state index contributed by atoms with van der Waals surface area (Å²) in [5.74, 6) is 0.484. The molecule has 0 unspecified atom stereocenters.